The Bertz CT molecular complexity index is 1230. The molecule has 2 aromatic rings. The fourth-order valence-electron chi connectivity index (χ4n) is 5.58. The zero-order chi connectivity index (χ0) is 27.5. The third kappa shape index (κ3) is 6.56. The number of alkyl halides is 3. The van der Waals surface area contributed by atoms with Gasteiger partial charge in [-0.2, -0.15) is 4.31 Å². The second kappa shape index (κ2) is 11.4. The van der Waals surface area contributed by atoms with Crippen molar-refractivity contribution in [2.45, 2.75) is 48.6 Å². The van der Waals surface area contributed by atoms with E-state index in [9.17, 15) is 21.6 Å². The topological polar surface area (TPSA) is 74.7 Å². The maximum atomic E-state index is 13.2. The first-order valence-electron chi connectivity index (χ1n) is 13.1. The first-order chi connectivity index (χ1) is 18.6. The zero-order valence-electron chi connectivity index (χ0n) is 21.5. The van der Waals surface area contributed by atoms with E-state index >= 15 is 0 Å². The molecular formula is C27H32F3N4O4S. The summed E-state index contributed by atoms with van der Waals surface area (Å²) < 4.78 is 68.8. The van der Waals surface area contributed by atoms with Gasteiger partial charge < -0.3 is 14.5 Å². The lowest BCUT2D eigenvalue weighted by atomic mass is 9.84. The van der Waals surface area contributed by atoms with E-state index in [4.69, 9.17) is 4.84 Å². The van der Waals surface area contributed by atoms with E-state index in [0.29, 0.717) is 12.8 Å². The summed E-state index contributed by atoms with van der Waals surface area (Å²) in [6, 6.07) is 14.6. The summed E-state index contributed by atoms with van der Waals surface area (Å²) in [7, 11) is -3.88. The zero-order valence-corrected chi connectivity index (χ0v) is 22.3. The monoisotopic (exact) mass is 565 g/mol. The lowest BCUT2D eigenvalue weighted by Gasteiger charge is -2.45. The van der Waals surface area contributed by atoms with Gasteiger partial charge in [0.05, 0.1) is 4.90 Å². The molecule has 0 N–H and O–H groups in total. The van der Waals surface area contributed by atoms with E-state index < -0.39 is 27.7 Å². The second-order valence-corrected chi connectivity index (χ2v) is 12.1. The number of sulfonamides is 1. The fraction of sp³-hybridized carbons (Fsp3) is 0.519. The molecule has 3 aliphatic rings. The van der Waals surface area contributed by atoms with Gasteiger partial charge in [0.1, 0.15) is 18.0 Å². The summed E-state index contributed by atoms with van der Waals surface area (Å²) in [5.41, 5.74) is 0.721. The van der Waals surface area contributed by atoms with Crippen molar-refractivity contribution in [1.29, 1.82) is 0 Å². The quantitative estimate of drug-likeness (QED) is 0.487. The Labute approximate surface area is 227 Å². The number of rotatable bonds is 8. The van der Waals surface area contributed by atoms with Gasteiger partial charge in [-0.1, -0.05) is 35.5 Å². The first-order valence-corrected chi connectivity index (χ1v) is 14.6. The molecule has 211 valence electrons. The highest BCUT2D eigenvalue weighted by molar-refractivity contribution is 7.89. The van der Waals surface area contributed by atoms with Crippen LogP contribution < -0.4 is 4.74 Å². The Kier molecular flexibility index (Phi) is 8.18. The average Bonchev–Trinajstić information content (AvgIpc) is 3.32. The Hall–Kier alpha value is -2.67. The van der Waals surface area contributed by atoms with Gasteiger partial charge in [0, 0.05) is 52.1 Å². The molecule has 0 saturated carbocycles. The Morgan fingerprint density at radius 1 is 0.974 bits per heavy atom. The molecular weight excluding hydrogens is 533 g/mol. The minimum absolute atomic E-state index is 0.0805. The van der Waals surface area contributed by atoms with Crippen LogP contribution in [0.5, 0.6) is 5.75 Å². The molecule has 39 heavy (non-hydrogen) atoms. The van der Waals surface area contributed by atoms with E-state index in [-0.39, 0.29) is 24.0 Å². The largest absolute Gasteiger partial charge is 0.573 e. The smallest absolute Gasteiger partial charge is 0.406 e. The third-order valence-corrected chi connectivity index (χ3v) is 9.63. The first kappa shape index (κ1) is 27.9. The molecule has 1 atom stereocenters. The van der Waals surface area contributed by atoms with Crippen LogP contribution >= 0.6 is 0 Å². The molecule has 0 aromatic heterocycles. The molecule has 8 nitrogen and oxygen atoms in total. The molecule has 5 rings (SSSR count). The van der Waals surface area contributed by atoms with E-state index in [1.807, 2.05) is 6.07 Å². The van der Waals surface area contributed by atoms with Gasteiger partial charge in [-0.25, -0.2) is 8.42 Å². The summed E-state index contributed by atoms with van der Waals surface area (Å²) in [4.78, 5) is 10.5. The normalized spacial score (nSPS) is 22.7. The highest BCUT2D eigenvalue weighted by atomic mass is 32.2. The van der Waals surface area contributed by atoms with E-state index in [0.717, 1.165) is 69.8 Å². The number of hydrogen-bond donors (Lipinski definition) is 0. The van der Waals surface area contributed by atoms with Gasteiger partial charge in [-0.15, -0.1) is 13.2 Å². The van der Waals surface area contributed by atoms with Crippen molar-refractivity contribution in [3.63, 3.8) is 0 Å². The van der Waals surface area contributed by atoms with Crippen LogP contribution in [0.1, 0.15) is 24.8 Å². The Balaban J connectivity index is 1.12. The molecule has 1 radical (unpaired) electrons. The summed E-state index contributed by atoms with van der Waals surface area (Å²) in [6.07, 6.45) is 1.33. The molecule has 1 unspecified atom stereocenters. The molecule has 0 amide bonds. The van der Waals surface area contributed by atoms with Crippen molar-refractivity contribution in [3.05, 3.63) is 60.2 Å². The number of halogens is 3. The number of benzene rings is 2. The highest BCUT2D eigenvalue weighted by Gasteiger charge is 2.51. The van der Waals surface area contributed by atoms with Crippen LogP contribution in [0, 0.1) is 0 Å². The van der Waals surface area contributed by atoms with Crippen LogP contribution in [0.25, 0.3) is 0 Å². The summed E-state index contributed by atoms with van der Waals surface area (Å²) >= 11 is 0. The number of ether oxygens (including phenoxy) is 1. The van der Waals surface area contributed by atoms with E-state index in [2.05, 4.69) is 50.2 Å². The molecule has 3 aliphatic heterocycles. The summed E-state index contributed by atoms with van der Waals surface area (Å²) in [6.45, 7) is 5.08. The van der Waals surface area contributed by atoms with Gasteiger partial charge >= 0.3 is 6.36 Å². The molecule has 3 heterocycles. The van der Waals surface area contributed by atoms with Crippen LogP contribution in [-0.4, -0.2) is 92.6 Å². The van der Waals surface area contributed by atoms with Crippen molar-refractivity contribution in [3.8, 4) is 5.75 Å². The second-order valence-electron chi connectivity index (χ2n) is 10.2. The minimum Gasteiger partial charge on any atom is -0.406 e. The highest BCUT2D eigenvalue weighted by Crippen LogP contribution is 2.37. The molecule has 2 aromatic carbocycles. The van der Waals surface area contributed by atoms with Gasteiger partial charge in [0.15, 0.2) is 5.60 Å². The predicted octanol–water partition coefficient (Wildman–Crippen LogP) is 3.62. The average molecular weight is 566 g/mol. The fourth-order valence-corrected chi connectivity index (χ4v) is 7.02. The number of nitrogens with zero attached hydrogens (tertiary/aromatic N) is 4. The lowest BCUT2D eigenvalue weighted by Crippen LogP contribution is -2.61. The van der Waals surface area contributed by atoms with Crippen molar-refractivity contribution in [2.24, 2.45) is 5.16 Å². The number of piperazine rings is 1. The van der Waals surface area contributed by atoms with Gasteiger partial charge in [0.25, 0.3) is 0 Å². The van der Waals surface area contributed by atoms with Crippen LogP contribution in [-0.2, 0) is 21.3 Å². The Morgan fingerprint density at radius 3 is 2.28 bits per heavy atom. The van der Waals surface area contributed by atoms with Crippen LogP contribution in [0.4, 0.5) is 13.2 Å². The third-order valence-electron chi connectivity index (χ3n) is 7.72. The van der Waals surface area contributed by atoms with Crippen molar-refractivity contribution in [2.75, 3.05) is 45.8 Å². The maximum Gasteiger partial charge on any atom is 0.573 e. The number of piperidine rings is 1. The molecule has 2 saturated heterocycles. The summed E-state index contributed by atoms with van der Waals surface area (Å²) in [5, 5.41) is 4.02. The lowest BCUT2D eigenvalue weighted by molar-refractivity contribution is -0.274. The summed E-state index contributed by atoms with van der Waals surface area (Å²) in [5.74, 6) is -0.467. The van der Waals surface area contributed by atoms with Crippen LogP contribution in [0.2, 0.25) is 0 Å². The SMILES string of the molecule is O=S(=O)(c1ccc(OC(F)(F)F)cc1)N1CCC2(CC1)ON=[C]C2N1CCN(CCCc2ccccc2)CC1. The molecule has 12 heteroatoms. The maximum absolute atomic E-state index is 13.2. The molecule has 2 fully saturated rings. The number of aryl methyl sites for hydroxylation is 1. The predicted molar refractivity (Wildman–Crippen MR) is 139 cm³/mol. The van der Waals surface area contributed by atoms with Gasteiger partial charge in [-0.05, 0) is 49.2 Å². The van der Waals surface area contributed by atoms with Crippen LogP contribution in [0.15, 0.2) is 64.6 Å². The number of hydrogen-bond acceptors (Lipinski definition) is 7. The van der Waals surface area contributed by atoms with Crippen molar-refractivity contribution >= 4 is 16.2 Å². The van der Waals surface area contributed by atoms with Crippen molar-refractivity contribution in [1.82, 2.24) is 14.1 Å². The molecule has 0 aliphatic carbocycles. The standard InChI is InChI=1S/C27H32F3N4O4S/c28-27(29,30)37-23-8-10-24(11-9-23)39(35,36)34-15-12-26(13-16-34)25(21-31-38-26)33-19-17-32(18-20-33)14-4-7-22-5-2-1-3-6-22/h1-3,5-6,8-11,25H,4,7,12-20H2. The molecule has 1 spiro atoms. The minimum atomic E-state index is -4.84. The van der Waals surface area contributed by atoms with E-state index in [1.54, 1.807) is 0 Å². The molecule has 0 bridgehead atoms. The van der Waals surface area contributed by atoms with Crippen LogP contribution in [0.3, 0.4) is 0 Å². The van der Waals surface area contributed by atoms with Gasteiger partial charge in [0.2, 0.25) is 10.0 Å². The van der Waals surface area contributed by atoms with Crippen molar-refractivity contribution < 1.29 is 31.2 Å². The van der Waals surface area contributed by atoms with E-state index in [1.165, 1.54) is 9.87 Å². The van der Waals surface area contributed by atoms with Gasteiger partial charge in [-0.3, -0.25) is 4.90 Å². The Morgan fingerprint density at radius 2 is 1.64 bits per heavy atom.